The minimum Gasteiger partial charge on any atom is -0.466 e. The van der Waals surface area contributed by atoms with Crippen LogP contribution >= 0.6 is 0 Å². The molecule has 1 fully saturated rings. The van der Waals surface area contributed by atoms with Gasteiger partial charge in [-0.05, 0) is 38.7 Å². The molecule has 1 N–H and O–H groups in total. The van der Waals surface area contributed by atoms with Gasteiger partial charge in [0.1, 0.15) is 11.6 Å². The Balaban J connectivity index is 1.74. The van der Waals surface area contributed by atoms with E-state index in [1.807, 2.05) is 18.2 Å². The SMILES string of the molecule is CCOC(=O)CCc1nc(N/N=C/c2cccc(C)c2)cc(N2CCCCC2)n1. The first kappa shape index (κ1) is 20.8. The van der Waals surface area contributed by atoms with Crippen LogP contribution in [0.5, 0.6) is 0 Å². The first-order valence-corrected chi connectivity index (χ1v) is 10.3. The second-order valence-electron chi connectivity index (χ2n) is 7.16. The number of nitrogens with zero attached hydrogens (tertiary/aromatic N) is 4. The molecule has 0 spiro atoms. The molecule has 2 aromatic rings. The average molecular weight is 396 g/mol. The summed E-state index contributed by atoms with van der Waals surface area (Å²) in [5.41, 5.74) is 5.22. The predicted molar refractivity (Wildman–Crippen MR) is 115 cm³/mol. The fourth-order valence-corrected chi connectivity index (χ4v) is 3.31. The number of anilines is 2. The lowest BCUT2D eigenvalue weighted by molar-refractivity contribution is -0.143. The zero-order valence-electron chi connectivity index (χ0n) is 17.2. The molecule has 1 aliphatic heterocycles. The smallest absolute Gasteiger partial charge is 0.306 e. The second-order valence-corrected chi connectivity index (χ2v) is 7.16. The molecule has 0 atom stereocenters. The van der Waals surface area contributed by atoms with Crippen LogP contribution in [-0.2, 0) is 16.0 Å². The lowest BCUT2D eigenvalue weighted by atomic mass is 10.1. The van der Waals surface area contributed by atoms with Gasteiger partial charge >= 0.3 is 5.97 Å². The number of ether oxygens (including phenoxy) is 1. The summed E-state index contributed by atoms with van der Waals surface area (Å²) in [4.78, 5) is 23.2. The molecule has 7 heteroatoms. The standard InChI is InChI=1S/C22H29N5O2/c1-3-29-22(28)11-10-19-24-20(15-21(25-19)27-12-5-4-6-13-27)26-23-16-18-9-7-8-17(2)14-18/h7-9,14-16H,3-6,10-13H2,1-2H3,(H,24,25,26)/b23-16+. The molecule has 0 unspecified atom stereocenters. The molecule has 0 bridgehead atoms. The molecule has 2 heterocycles. The second kappa shape index (κ2) is 10.5. The van der Waals surface area contributed by atoms with Crippen molar-refractivity contribution in [3.05, 3.63) is 47.3 Å². The number of esters is 1. The van der Waals surface area contributed by atoms with Crippen LogP contribution in [0.1, 0.15) is 49.6 Å². The van der Waals surface area contributed by atoms with Gasteiger partial charge in [0.05, 0.1) is 19.2 Å². The van der Waals surface area contributed by atoms with Crippen molar-refractivity contribution >= 4 is 23.8 Å². The monoisotopic (exact) mass is 395 g/mol. The Morgan fingerprint density at radius 3 is 2.83 bits per heavy atom. The topological polar surface area (TPSA) is 79.7 Å². The summed E-state index contributed by atoms with van der Waals surface area (Å²) in [7, 11) is 0. The maximum atomic E-state index is 11.7. The molecular formula is C22H29N5O2. The highest BCUT2D eigenvalue weighted by Crippen LogP contribution is 2.21. The number of hydrazone groups is 1. The van der Waals surface area contributed by atoms with Crippen molar-refractivity contribution in [3.63, 3.8) is 0 Å². The quantitative estimate of drug-likeness (QED) is 0.417. The van der Waals surface area contributed by atoms with E-state index in [-0.39, 0.29) is 12.4 Å². The van der Waals surface area contributed by atoms with Gasteiger partial charge in [0.2, 0.25) is 0 Å². The first-order valence-electron chi connectivity index (χ1n) is 10.3. The van der Waals surface area contributed by atoms with Crippen molar-refractivity contribution in [3.8, 4) is 0 Å². The zero-order chi connectivity index (χ0) is 20.5. The third-order valence-electron chi connectivity index (χ3n) is 4.73. The van der Waals surface area contributed by atoms with Crippen molar-refractivity contribution in [2.75, 3.05) is 30.0 Å². The summed E-state index contributed by atoms with van der Waals surface area (Å²) in [6, 6.07) is 10.0. The number of piperidine rings is 1. The number of benzene rings is 1. The highest BCUT2D eigenvalue weighted by molar-refractivity contribution is 5.80. The van der Waals surface area contributed by atoms with Gasteiger partial charge < -0.3 is 9.64 Å². The van der Waals surface area contributed by atoms with E-state index in [9.17, 15) is 4.79 Å². The van der Waals surface area contributed by atoms with Gasteiger partial charge in [-0.15, -0.1) is 0 Å². The summed E-state index contributed by atoms with van der Waals surface area (Å²) in [6.45, 7) is 6.21. The Bertz CT molecular complexity index is 847. The summed E-state index contributed by atoms with van der Waals surface area (Å²) in [5.74, 6) is 1.90. The van der Waals surface area contributed by atoms with Crippen molar-refractivity contribution in [2.45, 2.75) is 46.0 Å². The molecule has 29 heavy (non-hydrogen) atoms. The molecule has 1 saturated heterocycles. The van der Waals surface area contributed by atoms with Crippen molar-refractivity contribution in [2.24, 2.45) is 5.10 Å². The Hall–Kier alpha value is -2.96. The van der Waals surface area contributed by atoms with Gasteiger partial charge in [0.15, 0.2) is 5.82 Å². The Morgan fingerprint density at radius 1 is 1.24 bits per heavy atom. The summed E-state index contributed by atoms with van der Waals surface area (Å²) in [5, 5.41) is 4.33. The highest BCUT2D eigenvalue weighted by Gasteiger charge is 2.15. The number of hydrogen-bond donors (Lipinski definition) is 1. The summed E-state index contributed by atoms with van der Waals surface area (Å²) < 4.78 is 5.02. The number of aromatic nitrogens is 2. The Labute approximate surface area is 172 Å². The molecule has 1 aliphatic rings. The van der Waals surface area contributed by atoms with Gasteiger partial charge in [-0.3, -0.25) is 10.2 Å². The molecule has 0 saturated carbocycles. The minimum atomic E-state index is -0.230. The fraction of sp³-hybridized carbons (Fsp3) is 0.455. The van der Waals surface area contributed by atoms with E-state index in [1.165, 1.54) is 12.0 Å². The predicted octanol–water partition coefficient (Wildman–Crippen LogP) is 3.72. The molecule has 154 valence electrons. The molecule has 0 amide bonds. The van der Waals surface area contributed by atoms with E-state index >= 15 is 0 Å². The van der Waals surface area contributed by atoms with Crippen LogP contribution in [0.2, 0.25) is 0 Å². The molecule has 1 aromatic heterocycles. The van der Waals surface area contributed by atoms with Crippen LogP contribution in [0.4, 0.5) is 11.6 Å². The van der Waals surface area contributed by atoms with E-state index in [4.69, 9.17) is 4.74 Å². The number of hydrogen-bond acceptors (Lipinski definition) is 7. The summed E-state index contributed by atoms with van der Waals surface area (Å²) in [6.07, 6.45) is 6.06. The molecular weight excluding hydrogens is 366 g/mol. The normalized spacial score (nSPS) is 14.2. The lowest BCUT2D eigenvalue weighted by Crippen LogP contribution is -2.30. The van der Waals surface area contributed by atoms with Crippen molar-refractivity contribution in [1.29, 1.82) is 0 Å². The number of aryl methyl sites for hydroxylation is 2. The first-order chi connectivity index (χ1) is 14.1. The maximum Gasteiger partial charge on any atom is 0.306 e. The van der Waals surface area contributed by atoms with E-state index in [0.717, 1.165) is 37.3 Å². The van der Waals surface area contributed by atoms with Crippen LogP contribution in [0, 0.1) is 6.92 Å². The lowest BCUT2D eigenvalue weighted by Gasteiger charge is -2.28. The van der Waals surface area contributed by atoms with Gasteiger partial charge in [0, 0.05) is 25.6 Å². The fourth-order valence-electron chi connectivity index (χ4n) is 3.31. The van der Waals surface area contributed by atoms with E-state index in [1.54, 1.807) is 13.1 Å². The van der Waals surface area contributed by atoms with Crippen molar-refractivity contribution < 1.29 is 9.53 Å². The average Bonchev–Trinajstić information content (AvgIpc) is 2.73. The molecule has 3 rings (SSSR count). The minimum absolute atomic E-state index is 0.230. The largest absolute Gasteiger partial charge is 0.466 e. The number of rotatable bonds is 8. The van der Waals surface area contributed by atoms with Crippen molar-refractivity contribution in [1.82, 2.24) is 9.97 Å². The van der Waals surface area contributed by atoms with Crippen LogP contribution in [0.15, 0.2) is 35.4 Å². The van der Waals surface area contributed by atoms with E-state index < -0.39 is 0 Å². The number of nitrogens with one attached hydrogen (secondary N) is 1. The Morgan fingerprint density at radius 2 is 2.07 bits per heavy atom. The Kier molecular flexibility index (Phi) is 7.55. The zero-order valence-corrected chi connectivity index (χ0v) is 17.2. The number of carbonyl (C=O) groups is 1. The van der Waals surface area contributed by atoms with E-state index in [0.29, 0.717) is 24.7 Å². The highest BCUT2D eigenvalue weighted by atomic mass is 16.5. The van der Waals surface area contributed by atoms with Gasteiger partial charge in [-0.25, -0.2) is 9.97 Å². The number of carbonyl (C=O) groups excluding carboxylic acids is 1. The third-order valence-corrected chi connectivity index (χ3v) is 4.73. The van der Waals surface area contributed by atoms with Gasteiger partial charge in [0.25, 0.3) is 0 Å². The molecule has 0 radical (unpaired) electrons. The molecule has 1 aromatic carbocycles. The van der Waals surface area contributed by atoms with E-state index in [2.05, 4.69) is 44.5 Å². The summed E-state index contributed by atoms with van der Waals surface area (Å²) >= 11 is 0. The molecule has 0 aliphatic carbocycles. The maximum absolute atomic E-state index is 11.7. The third kappa shape index (κ3) is 6.55. The van der Waals surface area contributed by atoms with Crippen LogP contribution in [0.25, 0.3) is 0 Å². The van der Waals surface area contributed by atoms with Gasteiger partial charge in [-0.1, -0.05) is 29.8 Å². The van der Waals surface area contributed by atoms with Gasteiger partial charge in [-0.2, -0.15) is 5.10 Å². The molecule has 7 nitrogen and oxygen atoms in total. The van der Waals surface area contributed by atoms with Crippen LogP contribution in [-0.4, -0.2) is 41.8 Å². The van der Waals surface area contributed by atoms with Crippen LogP contribution < -0.4 is 10.3 Å². The van der Waals surface area contributed by atoms with Crippen LogP contribution in [0.3, 0.4) is 0 Å².